The van der Waals surface area contributed by atoms with Crippen molar-refractivity contribution in [3.05, 3.63) is 58.5 Å². The Morgan fingerprint density at radius 1 is 1.18 bits per heavy atom. The van der Waals surface area contributed by atoms with Crippen LogP contribution in [0.4, 0.5) is 0 Å². The molecule has 1 heterocycles. The van der Waals surface area contributed by atoms with Crippen molar-refractivity contribution in [2.45, 2.75) is 62.4 Å². The minimum absolute atomic E-state index is 0.000712. The van der Waals surface area contributed by atoms with Gasteiger partial charge in [-0.1, -0.05) is 12.1 Å². The highest BCUT2D eigenvalue weighted by Gasteiger charge is 2.50. The second-order valence-electron chi connectivity index (χ2n) is 11.5. The number of methoxy groups -OCH3 is 1. The molecule has 14 heteroatoms. The zero-order chi connectivity index (χ0) is 33.0. The summed E-state index contributed by atoms with van der Waals surface area (Å²) in [6.45, 7) is 7.24. The predicted molar refractivity (Wildman–Crippen MR) is 159 cm³/mol. The Hall–Kier alpha value is -3.53. The fraction of sp³-hybridized carbons (Fsp3) is 0.452. The second-order valence-corrected chi connectivity index (χ2v) is 12.6. The van der Waals surface area contributed by atoms with Crippen LogP contribution < -0.4 is 16.2 Å². The summed E-state index contributed by atoms with van der Waals surface area (Å²) in [5.41, 5.74) is 7.68. The molecule has 0 saturated carbocycles. The Kier molecular flexibility index (Phi) is 9.01. The molecule has 1 saturated heterocycles. The van der Waals surface area contributed by atoms with E-state index in [1.807, 2.05) is 0 Å². The number of carbonyl (C=O) groups is 4. The highest BCUT2D eigenvalue weighted by Crippen LogP contribution is 2.52. The van der Waals surface area contributed by atoms with Crippen LogP contribution >= 0.6 is 11.8 Å². The van der Waals surface area contributed by atoms with Crippen LogP contribution in [0.3, 0.4) is 0 Å². The number of phenolic OH excluding ortho intramolecular Hbond substituents is 2. The lowest BCUT2D eigenvalue weighted by molar-refractivity contribution is -0.247. The summed E-state index contributed by atoms with van der Waals surface area (Å²) < 4.78 is 17.2. The first-order valence-corrected chi connectivity index (χ1v) is 15.4. The van der Waals surface area contributed by atoms with Crippen molar-refractivity contribution in [3.63, 3.8) is 0 Å². The molecule has 0 aromatic heterocycles. The SMILES string of the molecule is [CH][C@@H](CSCC(=O)[C@]1(O)Cc2c(O)c3c(c(O)c2[C@@H](OC2CC(N)C(O)C(C)O2)C1)C(=O)c1c(OC)cccc1C3=O)C(N)=O. The number of fused-ring (bicyclic) bond motifs is 3. The van der Waals surface area contributed by atoms with Crippen molar-refractivity contribution >= 4 is 35.0 Å². The molecule has 2 aromatic carbocycles. The van der Waals surface area contributed by atoms with Crippen LogP contribution in [0.2, 0.25) is 0 Å². The number of amides is 1. The van der Waals surface area contributed by atoms with Gasteiger partial charge in [0.25, 0.3) is 0 Å². The van der Waals surface area contributed by atoms with Gasteiger partial charge in [-0.25, -0.2) is 0 Å². The Bertz CT molecular complexity index is 1570. The van der Waals surface area contributed by atoms with Crippen LogP contribution in [0.25, 0.3) is 0 Å². The van der Waals surface area contributed by atoms with Gasteiger partial charge in [0.15, 0.2) is 17.9 Å². The van der Waals surface area contributed by atoms with Crippen molar-refractivity contribution in [1.82, 2.24) is 0 Å². The largest absolute Gasteiger partial charge is 0.507 e. The molecule has 240 valence electrons. The molecule has 13 nitrogen and oxygen atoms in total. The summed E-state index contributed by atoms with van der Waals surface area (Å²) in [6, 6.07) is 3.62. The number of ketones is 3. The number of ether oxygens (including phenoxy) is 3. The third-order valence-corrected chi connectivity index (χ3v) is 9.62. The maximum atomic E-state index is 13.8. The molecule has 2 aliphatic carbocycles. The lowest BCUT2D eigenvalue weighted by atomic mass is 9.72. The average Bonchev–Trinajstić information content (AvgIpc) is 2.99. The first-order valence-electron chi connectivity index (χ1n) is 14.2. The van der Waals surface area contributed by atoms with Crippen molar-refractivity contribution < 1.29 is 53.8 Å². The fourth-order valence-corrected chi connectivity index (χ4v) is 7.09. The summed E-state index contributed by atoms with van der Waals surface area (Å²) in [4.78, 5) is 52.3. The lowest BCUT2D eigenvalue weighted by Crippen LogP contribution is -2.53. The molecule has 0 spiro atoms. The van der Waals surface area contributed by atoms with Gasteiger partial charge in [0, 0.05) is 47.7 Å². The first-order chi connectivity index (χ1) is 21.2. The average molecular weight is 643 g/mol. The summed E-state index contributed by atoms with van der Waals surface area (Å²) in [7, 11) is 1.32. The van der Waals surface area contributed by atoms with E-state index in [0.717, 1.165) is 11.8 Å². The molecule has 7 atom stereocenters. The van der Waals surface area contributed by atoms with Gasteiger partial charge in [-0.05, 0) is 19.9 Å². The maximum absolute atomic E-state index is 13.8. The molecule has 45 heavy (non-hydrogen) atoms. The Balaban J connectivity index is 1.60. The molecular weight excluding hydrogens is 608 g/mol. The normalized spacial score (nSPS) is 28.1. The van der Waals surface area contributed by atoms with Gasteiger partial charge in [-0.15, -0.1) is 0 Å². The number of Topliss-reactive ketones (excluding diaryl/α,β-unsaturated/α-hetero) is 1. The van der Waals surface area contributed by atoms with Gasteiger partial charge in [-0.2, -0.15) is 11.8 Å². The van der Waals surface area contributed by atoms with Crippen LogP contribution in [0, 0.1) is 12.8 Å². The monoisotopic (exact) mass is 642 g/mol. The molecule has 4 unspecified atom stereocenters. The molecule has 1 fully saturated rings. The number of hydrogen-bond acceptors (Lipinski definition) is 13. The van der Waals surface area contributed by atoms with Crippen LogP contribution in [0.1, 0.15) is 68.8 Å². The standard InChI is InChI=1S/C31H34N2O11S/c1-12(30(33)40)10-45-11-19(34)31(41)8-15-22(18(9-31)44-20-7-16(32)25(35)13(2)43-20)29(39)24-23(27(15)37)26(36)14-5-4-6-17(42-3)21(14)28(24)38/h1,4-6,12-13,16,18,20,25,35,37,39,41H,7-11,32H2,2-3H3,(H2,33,40)/t12-,13?,16?,18-,20?,25?,31-/m0/s1. The Morgan fingerprint density at radius 3 is 2.51 bits per heavy atom. The van der Waals surface area contributed by atoms with E-state index in [0.29, 0.717) is 0 Å². The van der Waals surface area contributed by atoms with E-state index in [1.54, 1.807) is 6.92 Å². The number of primary amides is 1. The fourth-order valence-electron chi connectivity index (χ4n) is 6.10. The van der Waals surface area contributed by atoms with E-state index < -0.39 is 101 Å². The Labute approximate surface area is 262 Å². The van der Waals surface area contributed by atoms with Gasteiger partial charge in [0.2, 0.25) is 11.7 Å². The number of thioether (sulfide) groups is 1. The summed E-state index contributed by atoms with van der Waals surface area (Å²) >= 11 is 0.968. The number of aromatic hydroxyl groups is 2. The van der Waals surface area contributed by atoms with E-state index in [1.165, 1.54) is 25.3 Å². The van der Waals surface area contributed by atoms with E-state index in [-0.39, 0.29) is 45.9 Å². The van der Waals surface area contributed by atoms with Crippen LogP contribution in [0.5, 0.6) is 17.2 Å². The third-order valence-electron chi connectivity index (χ3n) is 8.56. The van der Waals surface area contributed by atoms with E-state index in [4.69, 9.17) is 32.6 Å². The first kappa shape index (κ1) is 32.9. The number of benzene rings is 2. The van der Waals surface area contributed by atoms with E-state index in [9.17, 15) is 39.6 Å². The minimum Gasteiger partial charge on any atom is -0.507 e. The summed E-state index contributed by atoms with van der Waals surface area (Å²) in [5, 5.41) is 45.2. The van der Waals surface area contributed by atoms with Gasteiger partial charge in [-0.3, -0.25) is 19.2 Å². The maximum Gasteiger partial charge on any atom is 0.221 e. The number of hydrogen-bond donors (Lipinski definition) is 6. The zero-order valence-electron chi connectivity index (χ0n) is 24.5. The molecule has 1 aliphatic heterocycles. The molecular formula is C31H34N2O11S. The highest BCUT2D eigenvalue weighted by atomic mass is 32.2. The van der Waals surface area contributed by atoms with Crippen molar-refractivity contribution in [2.75, 3.05) is 18.6 Å². The number of nitrogens with two attached hydrogens (primary N) is 2. The minimum atomic E-state index is -2.19. The van der Waals surface area contributed by atoms with Crippen molar-refractivity contribution in [3.8, 4) is 17.2 Å². The second kappa shape index (κ2) is 12.3. The number of aliphatic hydroxyl groups excluding tert-OH is 1. The molecule has 3 aliphatic rings. The molecule has 5 rings (SSSR count). The number of phenols is 2. The van der Waals surface area contributed by atoms with Crippen LogP contribution in [-0.4, -0.2) is 92.4 Å². The lowest BCUT2D eigenvalue weighted by Gasteiger charge is -2.42. The molecule has 8 N–H and O–H groups in total. The van der Waals surface area contributed by atoms with Crippen molar-refractivity contribution in [2.24, 2.45) is 17.4 Å². The third kappa shape index (κ3) is 5.70. The van der Waals surface area contributed by atoms with Gasteiger partial charge < -0.3 is 46.1 Å². The van der Waals surface area contributed by atoms with E-state index >= 15 is 0 Å². The topological polar surface area (TPSA) is 229 Å². The molecule has 2 radical (unpaired) electrons. The molecule has 1 amide bonds. The van der Waals surface area contributed by atoms with Crippen LogP contribution in [-0.2, 0) is 25.5 Å². The van der Waals surface area contributed by atoms with Gasteiger partial charge in [0.1, 0.15) is 22.8 Å². The number of rotatable bonds is 9. The predicted octanol–water partition coefficient (Wildman–Crippen LogP) is 0.555. The van der Waals surface area contributed by atoms with Gasteiger partial charge >= 0.3 is 0 Å². The highest BCUT2D eigenvalue weighted by molar-refractivity contribution is 8.00. The van der Waals surface area contributed by atoms with Gasteiger partial charge in [0.05, 0.1) is 53.8 Å². The number of aliphatic hydroxyl groups is 2. The number of carbonyl (C=O) groups excluding carboxylic acids is 4. The van der Waals surface area contributed by atoms with Crippen LogP contribution in [0.15, 0.2) is 18.2 Å². The molecule has 0 bridgehead atoms. The molecule has 2 aromatic rings. The quantitative estimate of drug-likeness (QED) is 0.176. The Morgan fingerprint density at radius 2 is 1.87 bits per heavy atom. The smallest absolute Gasteiger partial charge is 0.221 e. The summed E-state index contributed by atoms with van der Waals surface area (Å²) in [6.07, 6.45) is -5.14. The zero-order valence-corrected chi connectivity index (χ0v) is 25.3. The van der Waals surface area contributed by atoms with Crippen molar-refractivity contribution in [1.29, 1.82) is 0 Å². The van der Waals surface area contributed by atoms with E-state index in [2.05, 4.69) is 0 Å². The summed E-state index contributed by atoms with van der Waals surface area (Å²) in [5.74, 6) is -5.61.